The Balaban J connectivity index is 1.42. The van der Waals surface area contributed by atoms with E-state index in [1.807, 2.05) is 49.4 Å². The van der Waals surface area contributed by atoms with Crippen molar-refractivity contribution in [2.45, 2.75) is 25.9 Å². The molecule has 2 amide bonds. The van der Waals surface area contributed by atoms with Crippen LogP contribution in [0, 0.1) is 6.92 Å². The van der Waals surface area contributed by atoms with Crippen molar-refractivity contribution < 1.29 is 9.53 Å². The highest BCUT2D eigenvalue weighted by Crippen LogP contribution is 2.23. The fraction of sp³-hybridized carbons (Fsp3) is 0.348. The van der Waals surface area contributed by atoms with Gasteiger partial charge in [-0.2, -0.15) is 5.10 Å². The number of morpholine rings is 1. The molecular weight excluding hydrogens is 392 g/mol. The number of H-pyrrole nitrogens is 1. The first-order chi connectivity index (χ1) is 15.1. The van der Waals surface area contributed by atoms with Crippen molar-refractivity contribution in [1.82, 2.24) is 25.4 Å². The zero-order valence-electron chi connectivity index (χ0n) is 17.8. The molecule has 1 aliphatic rings. The van der Waals surface area contributed by atoms with E-state index in [0.29, 0.717) is 17.7 Å². The number of rotatable bonds is 6. The van der Waals surface area contributed by atoms with Crippen LogP contribution in [-0.4, -0.2) is 52.4 Å². The molecule has 2 unspecified atom stereocenters. The van der Waals surface area contributed by atoms with Gasteiger partial charge in [0.15, 0.2) is 5.82 Å². The first-order valence-electron chi connectivity index (χ1n) is 10.5. The van der Waals surface area contributed by atoms with Crippen LogP contribution in [0.1, 0.15) is 41.8 Å². The third kappa shape index (κ3) is 5.28. The van der Waals surface area contributed by atoms with Crippen molar-refractivity contribution in [2.24, 2.45) is 0 Å². The number of amides is 2. The van der Waals surface area contributed by atoms with Crippen molar-refractivity contribution >= 4 is 11.7 Å². The Bertz CT molecular complexity index is 983. The van der Waals surface area contributed by atoms with Gasteiger partial charge in [-0.3, -0.25) is 10.00 Å². The molecule has 162 valence electrons. The maximum Gasteiger partial charge on any atom is 0.320 e. The molecule has 31 heavy (non-hydrogen) atoms. The number of hydrogen-bond acceptors (Lipinski definition) is 5. The molecule has 1 saturated heterocycles. The number of nitrogens with zero attached hydrogens (tertiary/aromatic N) is 3. The molecule has 0 bridgehead atoms. The van der Waals surface area contributed by atoms with Crippen LogP contribution in [-0.2, 0) is 4.74 Å². The molecule has 4 rings (SSSR count). The number of anilines is 1. The third-order valence-electron chi connectivity index (χ3n) is 5.53. The van der Waals surface area contributed by atoms with Gasteiger partial charge in [0.05, 0.1) is 13.2 Å². The molecule has 3 N–H and O–H groups in total. The third-order valence-corrected chi connectivity index (χ3v) is 5.53. The quantitative estimate of drug-likeness (QED) is 0.568. The lowest BCUT2D eigenvalue weighted by molar-refractivity contribution is 0.0198. The van der Waals surface area contributed by atoms with Crippen LogP contribution in [0.2, 0.25) is 0 Å². The summed E-state index contributed by atoms with van der Waals surface area (Å²) >= 11 is 0. The minimum absolute atomic E-state index is 0.309. The molecule has 2 atom stereocenters. The number of aryl methyl sites for hydroxylation is 1. The fourth-order valence-corrected chi connectivity index (χ4v) is 3.75. The summed E-state index contributed by atoms with van der Waals surface area (Å²) in [6.07, 6.45) is 0. The predicted molar refractivity (Wildman–Crippen MR) is 119 cm³/mol. The van der Waals surface area contributed by atoms with Gasteiger partial charge in [-0.15, -0.1) is 0 Å². The summed E-state index contributed by atoms with van der Waals surface area (Å²) in [6, 6.07) is 17.2. The van der Waals surface area contributed by atoms with E-state index in [0.717, 1.165) is 37.6 Å². The second-order valence-electron chi connectivity index (χ2n) is 7.67. The van der Waals surface area contributed by atoms with Crippen LogP contribution in [0.15, 0.2) is 54.6 Å². The van der Waals surface area contributed by atoms with E-state index in [2.05, 4.69) is 49.8 Å². The SMILES string of the molecule is Cc1nc(C(NC(=O)Nc2ccc(C(C)N3CCOCC3)cc2)c2ccccc2)n[nH]1. The second kappa shape index (κ2) is 9.72. The zero-order valence-corrected chi connectivity index (χ0v) is 17.8. The summed E-state index contributed by atoms with van der Waals surface area (Å²) < 4.78 is 5.44. The van der Waals surface area contributed by atoms with Crippen molar-refractivity contribution in [1.29, 1.82) is 0 Å². The summed E-state index contributed by atoms with van der Waals surface area (Å²) in [6.45, 7) is 7.45. The van der Waals surface area contributed by atoms with E-state index in [1.54, 1.807) is 0 Å². The molecule has 2 aromatic carbocycles. The Morgan fingerprint density at radius 2 is 1.77 bits per heavy atom. The molecular formula is C23H28N6O2. The van der Waals surface area contributed by atoms with E-state index in [1.165, 1.54) is 5.56 Å². The number of aromatic amines is 1. The molecule has 2 heterocycles. The van der Waals surface area contributed by atoms with Gasteiger partial charge in [-0.25, -0.2) is 9.78 Å². The van der Waals surface area contributed by atoms with Gasteiger partial charge in [0, 0.05) is 24.8 Å². The van der Waals surface area contributed by atoms with E-state index >= 15 is 0 Å². The van der Waals surface area contributed by atoms with Gasteiger partial charge >= 0.3 is 6.03 Å². The maximum atomic E-state index is 12.7. The highest BCUT2D eigenvalue weighted by molar-refractivity contribution is 5.89. The Hall–Kier alpha value is -3.23. The van der Waals surface area contributed by atoms with Crippen LogP contribution < -0.4 is 10.6 Å². The number of nitrogens with one attached hydrogen (secondary N) is 3. The largest absolute Gasteiger partial charge is 0.379 e. The van der Waals surface area contributed by atoms with Crippen molar-refractivity contribution in [3.8, 4) is 0 Å². The first-order valence-corrected chi connectivity index (χ1v) is 10.5. The summed E-state index contributed by atoms with van der Waals surface area (Å²) in [7, 11) is 0. The number of carbonyl (C=O) groups excluding carboxylic acids is 1. The minimum Gasteiger partial charge on any atom is -0.379 e. The summed E-state index contributed by atoms with van der Waals surface area (Å²) in [5, 5.41) is 13.0. The molecule has 1 aliphatic heterocycles. The van der Waals surface area contributed by atoms with E-state index in [9.17, 15) is 4.79 Å². The van der Waals surface area contributed by atoms with Crippen molar-refractivity contribution in [3.63, 3.8) is 0 Å². The van der Waals surface area contributed by atoms with Gasteiger partial charge in [-0.1, -0.05) is 42.5 Å². The van der Waals surface area contributed by atoms with Gasteiger partial charge in [-0.05, 0) is 37.1 Å². The monoisotopic (exact) mass is 420 g/mol. The number of urea groups is 1. The smallest absolute Gasteiger partial charge is 0.320 e. The van der Waals surface area contributed by atoms with Crippen LogP contribution in [0.4, 0.5) is 10.5 Å². The predicted octanol–water partition coefficient (Wildman–Crippen LogP) is 3.42. The summed E-state index contributed by atoms with van der Waals surface area (Å²) in [5.74, 6) is 1.22. The molecule has 1 fully saturated rings. The van der Waals surface area contributed by atoms with E-state index in [4.69, 9.17) is 4.74 Å². The van der Waals surface area contributed by atoms with Gasteiger partial charge in [0.1, 0.15) is 11.9 Å². The molecule has 8 heteroatoms. The number of carbonyl (C=O) groups is 1. The van der Waals surface area contributed by atoms with Crippen LogP contribution >= 0.6 is 0 Å². The molecule has 0 aliphatic carbocycles. The molecule has 0 spiro atoms. The lowest BCUT2D eigenvalue weighted by Crippen LogP contribution is -2.38. The Labute approximate surface area is 182 Å². The second-order valence-corrected chi connectivity index (χ2v) is 7.67. The van der Waals surface area contributed by atoms with Gasteiger partial charge in [0.2, 0.25) is 0 Å². The standard InChI is InChI=1S/C23H28N6O2/c1-16(29-12-14-31-15-13-29)18-8-10-20(11-9-18)25-23(30)26-21(19-6-4-3-5-7-19)22-24-17(2)27-28-22/h3-11,16,21H,12-15H2,1-2H3,(H,24,27,28)(H2,25,26,30). The van der Waals surface area contributed by atoms with Crippen LogP contribution in [0.3, 0.4) is 0 Å². The Morgan fingerprint density at radius 1 is 1.06 bits per heavy atom. The van der Waals surface area contributed by atoms with Crippen LogP contribution in [0.5, 0.6) is 0 Å². The molecule has 0 radical (unpaired) electrons. The number of aromatic nitrogens is 3. The lowest BCUT2D eigenvalue weighted by Gasteiger charge is -2.32. The van der Waals surface area contributed by atoms with Gasteiger partial charge in [0.25, 0.3) is 0 Å². The maximum absolute atomic E-state index is 12.7. The topological polar surface area (TPSA) is 95.2 Å². The highest BCUT2D eigenvalue weighted by Gasteiger charge is 2.21. The highest BCUT2D eigenvalue weighted by atomic mass is 16.5. The summed E-state index contributed by atoms with van der Waals surface area (Å²) in [5.41, 5.74) is 2.85. The average molecular weight is 421 g/mol. The zero-order chi connectivity index (χ0) is 21.6. The first kappa shape index (κ1) is 21.0. The Morgan fingerprint density at radius 3 is 2.42 bits per heavy atom. The Kier molecular flexibility index (Phi) is 6.59. The number of benzene rings is 2. The molecule has 0 saturated carbocycles. The number of ether oxygens (including phenoxy) is 1. The number of hydrogen-bond donors (Lipinski definition) is 3. The average Bonchev–Trinajstić information content (AvgIpc) is 3.24. The van der Waals surface area contributed by atoms with Crippen molar-refractivity contribution in [3.05, 3.63) is 77.4 Å². The molecule has 1 aromatic heterocycles. The molecule has 3 aromatic rings. The fourth-order valence-electron chi connectivity index (χ4n) is 3.75. The van der Waals surface area contributed by atoms with E-state index in [-0.39, 0.29) is 6.03 Å². The van der Waals surface area contributed by atoms with Gasteiger partial charge < -0.3 is 15.4 Å². The lowest BCUT2D eigenvalue weighted by atomic mass is 10.1. The summed E-state index contributed by atoms with van der Waals surface area (Å²) in [4.78, 5) is 19.5. The van der Waals surface area contributed by atoms with Crippen LogP contribution in [0.25, 0.3) is 0 Å². The van der Waals surface area contributed by atoms with E-state index < -0.39 is 6.04 Å². The molecule has 8 nitrogen and oxygen atoms in total. The normalized spacial score (nSPS) is 16.5. The van der Waals surface area contributed by atoms with Crippen molar-refractivity contribution in [2.75, 3.05) is 31.6 Å². The minimum atomic E-state index is -0.452.